The zero-order valence-corrected chi connectivity index (χ0v) is 10.6. The van der Waals surface area contributed by atoms with Crippen molar-refractivity contribution >= 4 is 5.91 Å². The molecule has 5 heteroatoms. The molecule has 5 nitrogen and oxygen atoms in total. The summed E-state index contributed by atoms with van der Waals surface area (Å²) in [4.78, 5) is 20.0. The normalized spacial score (nSPS) is 10.2. The number of nitrogens with zero attached hydrogens (tertiary/aromatic N) is 2. The summed E-state index contributed by atoms with van der Waals surface area (Å²) in [5.41, 5.74) is 2.15. The van der Waals surface area contributed by atoms with Crippen LogP contribution >= 0.6 is 0 Å². The number of hydrogen-bond acceptors (Lipinski definition) is 4. The maximum Gasteiger partial charge on any atom is 0.224 e. The smallest absolute Gasteiger partial charge is 0.224 e. The molecule has 0 saturated carbocycles. The Kier molecular flexibility index (Phi) is 4.07. The SMILES string of the molecule is Cc1cnc(CNC(=O)Cc2ccccc2O)cn1. The summed E-state index contributed by atoms with van der Waals surface area (Å²) in [5, 5.41) is 12.3. The number of amides is 1. The Morgan fingerprint density at radius 1 is 1.26 bits per heavy atom. The Hall–Kier alpha value is -2.43. The number of aromatic hydroxyl groups is 1. The Bertz CT molecular complexity index is 567. The molecule has 98 valence electrons. The fourth-order valence-corrected chi connectivity index (χ4v) is 1.60. The number of aromatic nitrogens is 2. The van der Waals surface area contributed by atoms with E-state index in [1.807, 2.05) is 6.92 Å². The van der Waals surface area contributed by atoms with Gasteiger partial charge in [-0.2, -0.15) is 0 Å². The molecule has 2 aromatic rings. The van der Waals surface area contributed by atoms with E-state index < -0.39 is 0 Å². The van der Waals surface area contributed by atoms with Gasteiger partial charge in [0.25, 0.3) is 0 Å². The van der Waals surface area contributed by atoms with Crippen molar-refractivity contribution in [3.05, 3.63) is 53.6 Å². The first-order chi connectivity index (χ1) is 9.15. The van der Waals surface area contributed by atoms with E-state index in [9.17, 15) is 9.90 Å². The van der Waals surface area contributed by atoms with Crippen LogP contribution in [0.3, 0.4) is 0 Å². The molecule has 1 heterocycles. The van der Waals surface area contributed by atoms with Gasteiger partial charge in [0.15, 0.2) is 0 Å². The summed E-state index contributed by atoms with van der Waals surface area (Å²) in [6.07, 6.45) is 3.44. The Morgan fingerprint density at radius 2 is 2.05 bits per heavy atom. The van der Waals surface area contributed by atoms with Crippen LogP contribution in [0, 0.1) is 6.92 Å². The number of phenolic OH excluding ortho intramolecular Hbond substituents is 1. The number of para-hydroxylation sites is 1. The Labute approximate surface area is 111 Å². The third-order valence-electron chi connectivity index (χ3n) is 2.64. The lowest BCUT2D eigenvalue weighted by atomic mass is 10.1. The van der Waals surface area contributed by atoms with E-state index in [4.69, 9.17) is 0 Å². The molecule has 0 saturated heterocycles. The molecule has 0 aliphatic carbocycles. The van der Waals surface area contributed by atoms with Gasteiger partial charge in [-0.3, -0.25) is 14.8 Å². The van der Waals surface area contributed by atoms with E-state index in [1.165, 1.54) is 0 Å². The highest BCUT2D eigenvalue weighted by Gasteiger charge is 2.07. The van der Waals surface area contributed by atoms with Crippen LogP contribution in [-0.2, 0) is 17.8 Å². The third-order valence-corrected chi connectivity index (χ3v) is 2.64. The summed E-state index contributed by atoms with van der Waals surface area (Å²) >= 11 is 0. The predicted octanol–water partition coefficient (Wildman–Crippen LogP) is 1.35. The van der Waals surface area contributed by atoms with Gasteiger partial charge in [0.2, 0.25) is 5.91 Å². The molecular weight excluding hydrogens is 242 g/mol. The van der Waals surface area contributed by atoms with Crippen molar-refractivity contribution in [3.63, 3.8) is 0 Å². The number of nitrogens with one attached hydrogen (secondary N) is 1. The standard InChI is InChI=1S/C14H15N3O2/c1-10-7-16-12(8-15-10)9-17-14(19)6-11-4-2-3-5-13(11)18/h2-5,7-8,18H,6,9H2,1H3,(H,17,19). The first-order valence-corrected chi connectivity index (χ1v) is 5.96. The van der Waals surface area contributed by atoms with E-state index in [2.05, 4.69) is 15.3 Å². The van der Waals surface area contributed by atoms with Gasteiger partial charge >= 0.3 is 0 Å². The molecule has 0 spiro atoms. The van der Waals surface area contributed by atoms with Crippen LogP contribution in [0.25, 0.3) is 0 Å². The van der Waals surface area contributed by atoms with E-state index in [0.717, 1.165) is 5.69 Å². The number of phenols is 1. The zero-order valence-electron chi connectivity index (χ0n) is 10.6. The minimum absolute atomic E-state index is 0.132. The van der Waals surface area contributed by atoms with Crippen LogP contribution in [0.1, 0.15) is 17.0 Å². The number of carbonyl (C=O) groups excluding carboxylic acids is 1. The van der Waals surface area contributed by atoms with Crippen molar-refractivity contribution in [2.45, 2.75) is 19.9 Å². The highest BCUT2D eigenvalue weighted by atomic mass is 16.3. The lowest BCUT2D eigenvalue weighted by Crippen LogP contribution is -2.25. The molecule has 0 bridgehead atoms. The molecule has 1 aromatic carbocycles. The summed E-state index contributed by atoms with van der Waals surface area (Å²) in [6, 6.07) is 6.79. The second kappa shape index (κ2) is 5.95. The van der Waals surface area contributed by atoms with Crippen molar-refractivity contribution in [1.29, 1.82) is 0 Å². The maximum atomic E-state index is 11.7. The fraction of sp³-hybridized carbons (Fsp3) is 0.214. The van der Waals surface area contributed by atoms with E-state index in [0.29, 0.717) is 17.8 Å². The summed E-state index contributed by atoms with van der Waals surface area (Å²) in [6.45, 7) is 2.19. The summed E-state index contributed by atoms with van der Waals surface area (Å²) in [7, 11) is 0. The molecule has 2 rings (SSSR count). The second-order valence-corrected chi connectivity index (χ2v) is 4.23. The molecule has 0 aliphatic rings. The van der Waals surface area contributed by atoms with Crippen molar-refractivity contribution in [2.24, 2.45) is 0 Å². The predicted molar refractivity (Wildman–Crippen MR) is 70.4 cm³/mol. The number of aryl methyl sites for hydroxylation is 1. The Balaban J connectivity index is 1.88. The van der Waals surface area contributed by atoms with Crippen molar-refractivity contribution < 1.29 is 9.90 Å². The Morgan fingerprint density at radius 3 is 2.74 bits per heavy atom. The summed E-state index contributed by atoms with van der Waals surface area (Å²) in [5.74, 6) is -0.0309. The van der Waals surface area contributed by atoms with Gasteiger partial charge in [-0.05, 0) is 13.0 Å². The molecule has 2 N–H and O–H groups in total. The van der Waals surface area contributed by atoms with Gasteiger partial charge in [0.1, 0.15) is 5.75 Å². The molecule has 0 radical (unpaired) electrons. The molecule has 0 aliphatic heterocycles. The van der Waals surface area contributed by atoms with Crippen LogP contribution in [0.5, 0.6) is 5.75 Å². The molecule has 1 amide bonds. The van der Waals surface area contributed by atoms with E-state index in [-0.39, 0.29) is 18.1 Å². The van der Waals surface area contributed by atoms with Gasteiger partial charge in [-0.15, -0.1) is 0 Å². The number of hydrogen-bond donors (Lipinski definition) is 2. The minimum atomic E-state index is -0.163. The minimum Gasteiger partial charge on any atom is -0.508 e. The highest BCUT2D eigenvalue weighted by Crippen LogP contribution is 2.15. The third kappa shape index (κ3) is 3.77. The van der Waals surface area contributed by atoms with Gasteiger partial charge in [-0.1, -0.05) is 18.2 Å². The molecule has 0 atom stereocenters. The van der Waals surface area contributed by atoms with Crippen LogP contribution in [-0.4, -0.2) is 21.0 Å². The first kappa shape index (κ1) is 13.0. The van der Waals surface area contributed by atoms with E-state index >= 15 is 0 Å². The van der Waals surface area contributed by atoms with Gasteiger partial charge in [0, 0.05) is 11.8 Å². The number of benzene rings is 1. The topological polar surface area (TPSA) is 75.1 Å². The molecule has 19 heavy (non-hydrogen) atoms. The molecule has 1 aromatic heterocycles. The average molecular weight is 257 g/mol. The van der Waals surface area contributed by atoms with Crippen molar-refractivity contribution in [2.75, 3.05) is 0 Å². The summed E-state index contributed by atoms with van der Waals surface area (Å²) < 4.78 is 0. The quantitative estimate of drug-likeness (QED) is 0.867. The monoisotopic (exact) mass is 257 g/mol. The number of rotatable bonds is 4. The maximum absolute atomic E-state index is 11.7. The largest absolute Gasteiger partial charge is 0.508 e. The van der Waals surface area contributed by atoms with Crippen molar-refractivity contribution in [3.8, 4) is 5.75 Å². The van der Waals surface area contributed by atoms with Crippen LogP contribution in [0.2, 0.25) is 0 Å². The van der Waals surface area contributed by atoms with Gasteiger partial charge in [-0.25, -0.2) is 0 Å². The lowest BCUT2D eigenvalue weighted by molar-refractivity contribution is -0.120. The molecular formula is C14H15N3O2. The second-order valence-electron chi connectivity index (χ2n) is 4.23. The van der Waals surface area contributed by atoms with Crippen LogP contribution in [0.15, 0.2) is 36.7 Å². The molecule has 0 unspecified atom stereocenters. The number of carbonyl (C=O) groups is 1. The lowest BCUT2D eigenvalue weighted by Gasteiger charge is -2.06. The van der Waals surface area contributed by atoms with Gasteiger partial charge in [0.05, 0.1) is 30.6 Å². The average Bonchev–Trinajstić information content (AvgIpc) is 2.41. The zero-order chi connectivity index (χ0) is 13.7. The molecule has 0 fully saturated rings. The van der Waals surface area contributed by atoms with Crippen LogP contribution in [0.4, 0.5) is 0 Å². The van der Waals surface area contributed by atoms with Gasteiger partial charge < -0.3 is 10.4 Å². The van der Waals surface area contributed by atoms with Crippen molar-refractivity contribution in [1.82, 2.24) is 15.3 Å². The van der Waals surface area contributed by atoms with E-state index in [1.54, 1.807) is 36.7 Å². The van der Waals surface area contributed by atoms with Crippen LogP contribution < -0.4 is 5.32 Å². The fourth-order valence-electron chi connectivity index (χ4n) is 1.60. The first-order valence-electron chi connectivity index (χ1n) is 5.96. The highest BCUT2D eigenvalue weighted by molar-refractivity contribution is 5.79.